The number of nitrogens with two attached hydrogens (primary N) is 6. The smallest absolute Gasteiger partial charge is 0.243 e. The van der Waals surface area contributed by atoms with E-state index in [2.05, 4.69) is 57.5 Å². The van der Waals surface area contributed by atoms with Crippen LogP contribution in [0.25, 0.3) is 10.9 Å². The molecule has 1 aliphatic heterocycles. The van der Waals surface area contributed by atoms with Crippen LogP contribution in [0.1, 0.15) is 75.8 Å². The van der Waals surface area contributed by atoms with Gasteiger partial charge in [-0.05, 0) is 75.1 Å². The third kappa shape index (κ3) is 19.7. The third-order valence-corrected chi connectivity index (χ3v) is 11.9. The number of rotatable bonds is 18. The molecular weight excluding hydrogens is 959 g/mol. The molecule has 7 atom stereocenters. The molecule has 1 aliphatic rings. The van der Waals surface area contributed by atoms with Gasteiger partial charge in [0.2, 0.25) is 53.2 Å². The van der Waals surface area contributed by atoms with E-state index in [4.69, 9.17) is 34.4 Å². The van der Waals surface area contributed by atoms with Crippen LogP contribution >= 0.6 is 0 Å². The zero-order valence-corrected chi connectivity index (χ0v) is 41.5. The number of aromatic amines is 1. The number of fused-ring (bicyclic) bond motifs is 1. The van der Waals surface area contributed by atoms with Crippen molar-refractivity contribution in [2.24, 2.45) is 44.4 Å². The Morgan fingerprint density at radius 2 is 1.27 bits per heavy atom. The molecule has 0 radical (unpaired) electrons. The molecule has 0 bridgehead atoms. The molecule has 2 heterocycles. The molecule has 1 saturated heterocycles. The van der Waals surface area contributed by atoms with Gasteiger partial charge in [0.1, 0.15) is 42.3 Å². The number of benzene rings is 2. The molecule has 2 aromatic carbocycles. The molecule has 26 nitrogen and oxygen atoms in total. The van der Waals surface area contributed by atoms with Crippen LogP contribution < -0.4 is 76.9 Å². The van der Waals surface area contributed by atoms with Gasteiger partial charge in [-0.25, -0.2) is 0 Å². The number of amides is 9. The second kappa shape index (κ2) is 29.9. The number of carbonyl (C=O) groups is 9. The average Bonchev–Trinajstić information content (AvgIpc) is 3.76. The summed E-state index contributed by atoms with van der Waals surface area (Å²) in [5.74, 6) is -7.30. The quantitative estimate of drug-likeness (QED) is 0.0328. The highest BCUT2D eigenvalue weighted by molar-refractivity contribution is 5.98. The summed E-state index contributed by atoms with van der Waals surface area (Å²) in [4.78, 5) is 135. The SMILES string of the molecule is CC(=O)NC(CCCN=C(N)N)C(=O)NC1CCCNC(=O)CCC(C(N)=O)NC(=O)C(Cc2c[nH]c3ccccc23)NC(=O)C(CCCN=C(N)N)NC(=O)C(Cc2ccccc2)NC(=O)C(CCN)NC1=O. The minimum Gasteiger partial charge on any atom is -0.370 e. The predicted octanol–water partition coefficient (Wildman–Crippen LogP) is -4.00. The first-order valence-corrected chi connectivity index (χ1v) is 24.4. The van der Waals surface area contributed by atoms with Crippen LogP contribution in [0.4, 0.5) is 0 Å². The second-order valence-corrected chi connectivity index (χ2v) is 17.8. The van der Waals surface area contributed by atoms with Crippen LogP contribution in [0.3, 0.4) is 0 Å². The molecule has 7 unspecified atom stereocenters. The summed E-state index contributed by atoms with van der Waals surface area (Å²) in [6.07, 6.45) is 1.23. The fraction of sp³-hybridized carbons (Fsp3) is 0.479. The van der Waals surface area contributed by atoms with Gasteiger partial charge in [0.05, 0.1) is 0 Å². The van der Waals surface area contributed by atoms with Crippen molar-refractivity contribution in [3.63, 3.8) is 0 Å². The predicted molar refractivity (Wildman–Crippen MR) is 276 cm³/mol. The van der Waals surface area contributed by atoms with E-state index >= 15 is 0 Å². The summed E-state index contributed by atoms with van der Waals surface area (Å²) >= 11 is 0. The van der Waals surface area contributed by atoms with Gasteiger partial charge in [-0.1, -0.05) is 48.5 Å². The van der Waals surface area contributed by atoms with E-state index in [0.29, 0.717) is 11.1 Å². The molecule has 0 aliphatic carbocycles. The van der Waals surface area contributed by atoms with Crippen molar-refractivity contribution < 1.29 is 43.2 Å². The summed E-state index contributed by atoms with van der Waals surface area (Å²) in [6.45, 7) is 1.26. The number of guanidine groups is 2. The zero-order chi connectivity index (χ0) is 54.2. The van der Waals surface area contributed by atoms with Crippen LogP contribution in [0.2, 0.25) is 0 Å². The minimum atomic E-state index is -1.38. The molecule has 1 fully saturated rings. The number of hydrogen-bond acceptors (Lipinski definition) is 12. The van der Waals surface area contributed by atoms with Crippen molar-refractivity contribution in [3.05, 3.63) is 71.9 Å². The molecule has 4 rings (SSSR count). The van der Waals surface area contributed by atoms with Crippen molar-refractivity contribution in [2.45, 2.75) is 120 Å². The number of primary amides is 1. The van der Waals surface area contributed by atoms with Gasteiger partial charge >= 0.3 is 0 Å². The fourth-order valence-electron chi connectivity index (χ4n) is 8.10. The van der Waals surface area contributed by atoms with Gasteiger partial charge in [-0.3, -0.25) is 53.1 Å². The van der Waals surface area contributed by atoms with Crippen LogP contribution in [0, 0.1) is 0 Å². The second-order valence-electron chi connectivity index (χ2n) is 17.8. The van der Waals surface area contributed by atoms with Crippen molar-refractivity contribution in [3.8, 4) is 0 Å². The lowest BCUT2D eigenvalue weighted by atomic mass is 10.0. The van der Waals surface area contributed by atoms with Gasteiger partial charge < -0.3 is 81.9 Å². The maximum absolute atomic E-state index is 14.6. The Morgan fingerprint density at radius 3 is 1.92 bits per heavy atom. The lowest BCUT2D eigenvalue weighted by Gasteiger charge is -2.28. The molecule has 1 aromatic heterocycles. The highest BCUT2D eigenvalue weighted by Gasteiger charge is 2.34. The topological polar surface area (TPSA) is 446 Å². The molecule has 402 valence electrons. The van der Waals surface area contributed by atoms with E-state index in [1.54, 1.807) is 42.6 Å². The first kappa shape index (κ1) is 58.3. The third-order valence-electron chi connectivity index (χ3n) is 11.9. The minimum absolute atomic E-state index is 0.0332. The van der Waals surface area contributed by atoms with Crippen molar-refractivity contribution in [1.82, 2.24) is 47.5 Å². The Labute approximate surface area is 427 Å². The van der Waals surface area contributed by atoms with E-state index in [0.717, 1.165) is 10.9 Å². The molecule has 0 saturated carbocycles. The molecule has 26 heteroatoms. The Bertz CT molecular complexity index is 2480. The first-order chi connectivity index (χ1) is 35.3. The standard InChI is InChI=1S/C48H71N17O9/c1-27(66)59-33(14-8-22-56-47(51)52)41(69)61-34-15-7-21-55-39(67)18-17-32(40(50)68)60-46(74)38(25-29-26-58-31-13-6-5-12-30(29)31)65-43(71)35(16-9-23-57-48(53)54)62-45(73)37(24-28-10-3-2-4-11-28)64-44(72)36(19-20-49)63-42(34)70/h2-6,10-13,26,32-38,58H,7-9,14-25,49H2,1H3,(H2,50,68)(H,55,67)(H,59,66)(H,60,74)(H,61,69)(H,62,73)(H,63,70)(H,64,72)(H,65,71)(H4,51,52,56)(H4,53,54,57). The lowest BCUT2D eigenvalue weighted by molar-refractivity contribution is -0.135. The maximum atomic E-state index is 14.6. The van der Waals surface area contributed by atoms with Crippen LogP contribution in [0.15, 0.2) is 70.8 Å². The number of nitrogens with zero attached hydrogens (tertiary/aromatic N) is 2. The molecular formula is C48H71N17O9. The highest BCUT2D eigenvalue weighted by Crippen LogP contribution is 2.20. The summed E-state index contributed by atoms with van der Waals surface area (Å²) < 4.78 is 0. The van der Waals surface area contributed by atoms with Gasteiger partial charge in [0.25, 0.3) is 0 Å². The summed E-state index contributed by atoms with van der Waals surface area (Å²) in [5, 5.41) is 22.1. The van der Waals surface area contributed by atoms with Crippen molar-refractivity contribution in [1.29, 1.82) is 0 Å². The summed E-state index contributed by atoms with van der Waals surface area (Å²) in [6, 6.07) is 6.57. The van der Waals surface area contributed by atoms with Gasteiger partial charge in [0.15, 0.2) is 11.9 Å². The van der Waals surface area contributed by atoms with Crippen LogP contribution in [0.5, 0.6) is 0 Å². The fourth-order valence-corrected chi connectivity index (χ4v) is 8.10. The summed E-state index contributed by atoms with van der Waals surface area (Å²) in [7, 11) is 0. The Hall–Kier alpha value is -8.29. The monoisotopic (exact) mass is 1030 g/mol. The molecule has 3 aromatic rings. The van der Waals surface area contributed by atoms with Crippen molar-refractivity contribution >= 4 is 76.0 Å². The highest BCUT2D eigenvalue weighted by atomic mass is 16.2. The molecule has 0 spiro atoms. The number of H-pyrrole nitrogens is 1. The Balaban J connectivity index is 1.75. The van der Waals surface area contributed by atoms with E-state index in [1.807, 2.05) is 18.2 Å². The summed E-state index contributed by atoms with van der Waals surface area (Å²) in [5.41, 5.74) is 35.7. The van der Waals surface area contributed by atoms with Gasteiger partial charge in [0, 0.05) is 62.9 Å². The lowest BCUT2D eigenvalue weighted by Crippen LogP contribution is -2.60. The van der Waals surface area contributed by atoms with Crippen LogP contribution in [-0.4, -0.2) is 139 Å². The van der Waals surface area contributed by atoms with Crippen LogP contribution in [-0.2, 0) is 56.0 Å². The van der Waals surface area contributed by atoms with Gasteiger partial charge in [-0.15, -0.1) is 0 Å². The van der Waals surface area contributed by atoms with E-state index < -0.39 is 95.5 Å². The van der Waals surface area contributed by atoms with E-state index in [1.165, 1.54) is 6.92 Å². The van der Waals surface area contributed by atoms with Crippen molar-refractivity contribution in [2.75, 3.05) is 26.2 Å². The largest absolute Gasteiger partial charge is 0.370 e. The Kier molecular flexibility index (Phi) is 23.6. The number of carbonyl (C=O) groups excluding carboxylic acids is 9. The number of hydrogen-bond donors (Lipinski definition) is 15. The number of aliphatic imine (C=N–C) groups is 2. The number of aromatic nitrogens is 1. The zero-order valence-electron chi connectivity index (χ0n) is 41.5. The average molecular weight is 1030 g/mol. The maximum Gasteiger partial charge on any atom is 0.243 e. The number of nitrogens with one attached hydrogen (secondary N) is 9. The molecule has 21 N–H and O–H groups in total. The molecule has 74 heavy (non-hydrogen) atoms. The van der Waals surface area contributed by atoms with Gasteiger partial charge in [-0.2, -0.15) is 0 Å². The Morgan fingerprint density at radius 1 is 0.689 bits per heavy atom. The van der Waals surface area contributed by atoms with E-state index in [-0.39, 0.29) is 109 Å². The van der Waals surface area contributed by atoms with E-state index in [9.17, 15) is 43.2 Å². The molecule has 9 amide bonds. The number of para-hydroxylation sites is 1. The first-order valence-electron chi connectivity index (χ1n) is 24.4. The normalized spacial score (nSPS) is 21.2.